The highest BCUT2D eigenvalue weighted by atomic mass is 16.5. The second kappa shape index (κ2) is 11.5. The van der Waals surface area contributed by atoms with Gasteiger partial charge in [-0.15, -0.1) is 0 Å². The van der Waals surface area contributed by atoms with Crippen molar-refractivity contribution in [3.8, 4) is 17.2 Å². The lowest BCUT2D eigenvalue weighted by molar-refractivity contribution is -0.118. The Kier molecular flexibility index (Phi) is 8.20. The summed E-state index contributed by atoms with van der Waals surface area (Å²) in [6.45, 7) is 12.4. The van der Waals surface area contributed by atoms with Crippen LogP contribution >= 0.6 is 0 Å². The summed E-state index contributed by atoms with van der Waals surface area (Å²) in [5.74, 6) is 1.68. The Labute approximate surface area is 223 Å². The first kappa shape index (κ1) is 27.0. The van der Waals surface area contributed by atoms with E-state index in [-0.39, 0.29) is 41.4 Å². The number of benzene rings is 3. The maximum Gasteiger partial charge on any atom is 0.262 e. The molecule has 3 aromatic carbocycles. The SMILES string of the molecule is CC(C)c1ccccc1Oc1coc2cc(OCC(=O)Nc3c(C(C)C)cccc3C(C)C)ccc2c1=O. The normalized spacial score (nSPS) is 11.4. The van der Waals surface area contributed by atoms with Crippen LogP contribution in [0.5, 0.6) is 17.2 Å². The van der Waals surface area contributed by atoms with Gasteiger partial charge in [-0.1, -0.05) is 77.9 Å². The van der Waals surface area contributed by atoms with Gasteiger partial charge in [-0.3, -0.25) is 9.59 Å². The lowest BCUT2D eigenvalue weighted by Crippen LogP contribution is -2.22. The number of amides is 1. The van der Waals surface area contributed by atoms with Crippen LogP contribution in [0.2, 0.25) is 0 Å². The second-order valence-electron chi connectivity index (χ2n) is 10.3. The van der Waals surface area contributed by atoms with Crippen molar-refractivity contribution in [2.75, 3.05) is 11.9 Å². The third kappa shape index (κ3) is 5.91. The van der Waals surface area contributed by atoms with E-state index in [0.717, 1.165) is 22.4 Å². The minimum atomic E-state index is -0.277. The highest BCUT2D eigenvalue weighted by Crippen LogP contribution is 2.33. The maximum atomic E-state index is 13.1. The van der Waals surface area contributed by atoms with Gasteiger partial charge in [0, 0.05) is 11.8 Å². The van der Waals surface area contributed by atoms with Crippen LogP contribution in [0.1, 0.15) is 76.0 Å². The number of carbonyl (C=O) groups excluding carboxylic acids is 1. The van der Waals surface area contributed by atoms with Gasteiger partial charge in [-0.05, 0) is 52.6 Å². The lowest BCUT2D eigenvalue weighted by Gasteiger charge is -2.20. The van der Waals surface area contributed by atoms with Crippen LogP contribution in [0, 0.1) is 0 Å². The topological polar surface area (TPSA) is 77.8 Å². The standard InChI is InChI=1S/C32H35NO5/c1-19(2)23-10-7-8-13-27(23)38-29-17-37-28-16-22(14-15-26(28)32(29)35)36-18-30(34)33-31-24(20(3)4)11-9-12-25(31)21(5)6/h7-17,19-21H,18H2,1-6H3,(H,33,34). The molecule has 1 aromatic heterocycles. The molecule has 0 fully saturated rings. The lowest BCUT2D eigenvalue weighted by atomic mass is 9.92. The summed E-state index contributed by atoms with van der Waals surface area (Å²) in [7, 11) is 0. The van der Waals surface area contributed by atoms with Crippen LogP contribution in [0.3, 0.4) is 0 Å². The summed E-state index contributed by atoms with van der Waals surface area (Å²) < 4.78 is 17.4. The van der Waals surface area contributed by atoms with Crippen molar-refractivity contribution in [3.63, 3.8) is 0 Å². The van der Waals surface area contributed by atoms with Crippen molar-refractivity contribution in [2.24, 2.45) is 0 Å². The molecule has 4 aromatic rings. The van der Waals surface area contributed by atoms with Crippen LogP contribution in [0.15, 0.2) is 76.1 Å². The summed E-state index contributed by atoms with van der Waals surface area (Å²) in [5, 5.41) is 3.42. The average molecular weight is 514 g/mol. The van der Waals surface area contributed by atoms with Gasteiger partial charge in [-0.2, -0.15) is 0 Å². The summed E-state index contributed by atoms with van der Waals surface area (Å²) in [6.07, 6.45) is 1.31. The van der Waals surface area contributed by atoms with Gasteiger partial charge in [0.15, 0.2) is 6.61 Å². The summed E-state index contributed by atoms with van der Waals surface area (Å²) in [6, 6.07) is 18.6. The van der Waals surface area contributed by atoms with Crippen molar-refractivity contribution >= 4 is 22.6 Å². The van der Waals surface area contributed by atoms with Crippen LogP contribution in [0.25, 0.3) is 11.0 Å². The minimum absolute atomic E-state index is 0.114. The largest absolute Gasteiger partial charge is 0.484 e. The monoisotopic (exact) mass is 513 g/mol. The van der Waals surface area contributed by atoms with Gasteiger partial charge in [0.25, 0.3) is 5.91 Å². The molecule has 38 heavy (non-hydrogen) atoms. The molecule has 0 unspecified atom stereocenters. The number of rotatable bonds is 9. The molecule has 1 heterocycles. The predicted molar refractivity (Wildman–Crippen MR) is 152 cm³/mol. The third-order valence-corrected chi connectivity index (χ3v) is 6.48. The van der Waals surface area contributed by atoms with E-state index in [9.17, 15) is 9.59 Å². The number of fused-ring (bicyclic) bond motifs is 1. The van der Waals surface area contributed by atoms with E-state index in [1.54, 1.807) is 18.2 Å². The summed E-state index contributed by atoms with van der Waals surface area (Å²) in [5.41, 5.74) is 4.11. The molecule has 0 aliphatic carbocycles. The Morgan fingerprint density at radius 3 is 2.11 bits per heavy atom. The molecule has 0 aliphatic rings. The van der Waals surface area contributed by atoms with Gasteiger partial charge >= 0.3 is 0 Å². The molecule has 198 valence electrons. The molecule has 0 saturated heterocycles. The zero-order chi connectivity index (χ0) is 27.4. The van der Waals surface area contributed by atoms with Gasteiger partial charge in [0.05, 0.1) is 5.39 Å². The fourth-order valence-electron chi connectivity index (χ4n) is 4.44. The van der Waals surface area contributed by atoms with Gasteiger partial charge in [0.1, 0.15) is 23.3 Å². The Bertz CT molecular complexity index is 1470. The zero-order valence-electron chi connectivity index (χ0n) is 22.8. The number of ether oxygens (including phenoxy) is 2. The number of nitrogens with one attached hydrogen (secondary N) is 1. The van der Waals surface area contributed by atoms with E-state index < -0.39 is 0 Å². The number of para-hydroxylation sites is 2. The van der Waals surface area contributed by atoms with Crippen LogP contribution < -0.4 is 20.2 Å². The van der Waals surface area contributed by atoms with Crippen molar-refractivity contribution in [1.82, 2.24) is 0 Å². The van der Waals surface area contributed by atoms with E-state index in [1.807, 2.05) is 42.5 Å². The first-order chi connectivity index (χ1) is 18.2. The summed E-state index contributed by atoms with van der Waals surface area (Å²) >= 11 is 0. The fraction of sp³-hybridized carbons (Fsp3) is 0.312. The maximum absolute atomic E-state index is 13.1. The van der Waals surface area contributed by atoms with Gasteiger partial charge in [-0.25, -0.2) is 0 Å². The number of hydrogen-bond donors (Lipinski definition) is 1. The van der Waals surface area contributed by atoms with Crippen molar-refractivity contribution < 1.29 is 18.7 Å². The van der Waals surface area contributed by atoms with E-state index in [1.165, 1.54) is 6.26 Å². The van der Waals surface area contributed by atoms with E-state index >= 15 is 0 Å². The smallest absolute Gasteiger partial charge is 0.262 e. The number of anilines is 1. The zero-order valence-corrected chi connectivity index (χ0v) is 22.8. The molecule has 0 bridgehead atoms. The molecular weight excluding hydrogens is 478 g/mol. The Balaban J connectivity index is 1.49. The molecule has 1 N–H and O–H groups in total. The minimum Gasteiger partial charge on any atom is -0.484 e. The molecule has 6 heteroatoms. The predicted octanol–water partition coefficient (Wildman–Crippen LogP) is 7.97. The van der Waals surface area contributed by atoms with Crippen molar-refractivity contribution in [2.45, 2.75) is 59.3 Å². The average Bonchev–Trinajstić information content (AvgIpc) is 2.89. The molecule has 0 radical (unpaired) electrons. The molecule has 0 saturated carbocycles. The van der Waals surface area contributed by atoms with Crippen LogP contribution in [-0.2, 0) is 4.79 Å². The van der Waals surface area contributed by atoms with Crippen molar-refractivity contribution in [3.05, 3.63) is 93.8 Å². The van der Waals surface area contributed by atoms with Gasteiger partial charge in [0.2, 0.25) is 11.2 Å². The van der Waals surface area contributed by atoms with E-state index in [0.29, 0.717) is 22.5 Å². The Hall–Kier alpha value is -4.06. The molecule has 4 rings (SSSR count). The Morgan fingerprint density at radius 2 is 1.45 bits per heavy atom. The van der Waals surface area contributed by atoms with Gasteiger partial charge < -0.3 is 19.2 Å². The molecule has 0 spiro atoms. The number of carbonyl (C=O) groups is 1. The summed E-state index contributed by atoms with van der Waals surface area (Å²) in [4.78, 5) is 25.9. The van der Waals surface area contributed by atoms with Crippen LogP contribution in [-0.4, -0.2) is 12.5 Å². The fourth-order valence-corrected chi connectivity index (χ4v) is 4.44. The quantitative estimate of drug-likeness (QED) is 0.245. The second-order valence-corrected chi connectivity index (χ2v) is 10.3. The molecule has 0 atom stereocenters. The number of hydrogen-bond acceptors (Lipinski definition) is 5. The third-order valence-electron chi connectivity index (χ3n) is 6.48. The highest BCUT2D eigenvalue weighted by Gasteiger charge is 2.17. The van der Waals surface area contributed by atoms with E-state index in [4.69, 9.17) is 13.9 Å². The highest BCUT2D eigenvalue weighted by molar-refractivity contribution is 5.94. The van der Waals surface area contributed by atoms with Crippen LogP contribution in [0.4, 0.5) is 5.69 Å². The molecular formula is C32H35NO5. The first-order valence-electron chi connectivity index (χ1n) is 13.0. The Morgan fingerprint density at radius 1 is 0.816 bits per heavy atom. The molecule has 0 aliphatic heterocycles. The molecule has 1 amide bonds. The van der Waals surface area contributed by atoms with E-state index in [2.05, 4.69) is 46.9 Å². The van der Waals surface area contributed by atoms with Crippen molar-refractivity contribution in [1.29, 1.82) is 0 Å². The first-order valence-corrected chi connectivity index (χ1v) is 13.0. The molecule has 6 nitrogen and oxygen atoms in total.